The van der Waals surface area contributed by atoms with Crippen LogP contribution in [0.3, 0.4) is 0 Å². The van der Waals surface area contributed by atoms with E-state index >= 15 is 0 Å². The Bertz CT molecular complexity index is 1040. The van der Waals surface area contributed by atoms with E-state index < -0.39 is 18.2 Å². The fourth-order valence-electron chi connectivity index (χ4n) is 2.42. The first-order valence-electron chi connectivity index (χ1n) is 8.45. The average molecular weight is 458 g/mol. The van der Waals surface area contributed by atoms with Crippen molar-refractivity contribution >= 4 is 34.9 Å². The van der Waals surface area contributed by atoms with E-state index in [-0.39, 0.29) is 27.4 Å². The van der Waals surface area contributed by atoms with Crippen LogP contribution in [0.1, 0.15) is 25.7 Å². The van der Waals surface area contributed by atoms with Crippen LogP contribution in [0.2, 0.25) is 10.0 Å². The SMILES string of the molecule is CC(NC(=O)Nc1cc(Cl)c(OC(C)(F)F)cc1Cl)c1ncnn1-c1ncccn1. The standard InChI is InChI=1S/C17H15Cl2F2N7O2/c1-9(14-24-8-25-28(14)15-22-4-3-5-23-15)26-16(29)27-12-6-11(19)13(7-10(12)18)30-17(2,20)21/h3-9H,1-2H3,(H2,26,27,29). The summed E-state index contributed by atoms with van der Waals surface area (Å²) in [4.78, 5) is 24.7. The lowest BCUT2D eigenvalue weighted by Crippen LogP contribution is -2.32. The van der Waals surface area contributed by atoms with Crippen LogP contribution >= 0.6 is 23.2 Å². The highest BCUT2D eigenvalue weighted by Crippen LogP contribution is 2.36. The van der Waals surface area contributed by atoms with Gasteiger partial charge in [-0.1, -0.05) is 23.2 Å². The highest BCUT2D eigenvalue weighted by Gasteiger charge is 2.25. The van der Waals surface area contributed by atoms with Crippen LogP contribution in [0.25, 0.3) is 5.95 Å². The number of hydrogen-bond donors (Lipinski definition) is 2. The molecule has 3 rings (SSSR count). The fourth-order valence-corrected chi connectivity index (χ4v) is 2.82. The second-order valence-electron chi connectivity index (χ2n) is 6.07. The predicted molar refractivity (Wildman–Crippen MR) is 105 cm³/mol. The maximum Gasteiger partial charge on any atom is 0.394 e. The Balaban J connectivity index is 1.71. The third-order valence-corrected chi connectivity index (χ3v) is 4.22. The summed E-state index contributed by atoms with van der Waals surface area (Å²) in [6.07, 6.45) is 0.964. The summed E-state index contributed by atoms with van der Waals surface area (Å²) in [5, 5.41) is 9.02. The first-order chi connectivity index (χ1) is 14.1. The smallest absolute Gasteiger partial charge is 0.394 e. The number of anilines is 1. The summed E-state index contributed by atoms with van der Waals surface area (Å²) in [5.74, 6) is 0.357. The van der Waals surface area contributed by atoms with E-state index in [1.54, 1.807) is 25.4 Å². The molecule has 2 amide bonds. The number of carbonyl (C=O) groups is 1. The van der Waals surface area contributed by atoms with Gasteiger partial charge in [0.05, 0.1) is 21.8 Å². The molecule has 1 aromatic carbocycles. The molecule has 0 aliphatic heterocycles. The number of urea groups is 1. The van der Waals surface area contributed by atoms with E-state index in [9.17, 15) is 13.6 Å². The Hall–Kier alpha value is -3.05. The van der Waals surface area contributed by atoms with Crippen molar-refractivity contribution in [2.24, 2.45) is 0 Å². The Morgan fingerprint density at radius 1 is 1.20 bits per heavy atom. The number of nitrogens with zero attached hydrogens (tertiary/aromatic N) is 5. The van der Waals surface area contributed by atoms with E-state index in [4.69, 9.17) is 23.2 Å². The fraction of sp³-hybridized carbons (Fsp3) is 0.235. The van der Waals surface area contributed by atoms with Crippen LogP contribution in [0.15, 0.2) is 36.9 Å². The van der Waals surface area contributed by atoms with Gasteiger partial charge in [0.25, 0.3) is 5.95 Å². The van der Waals surface area contributed by atoms with Crippen molar-refractivity contribution in [2.75, 3.05) is 5.32 Å². The van der Waals surface area contributed by atoms with Gasteiger partial charge < -0.3 is 15.4 Å². The largest absolute Gasteiger partial charge is 0.431 e. The van der Waals surface area contributed by atoms with Gasteiger partial charge in [-0.3, -0.25) is 0 Å². The molecule has 13 heteroatoms. The van der Waals surface area contributed by atoms with Crippen molar-refractivity contribution in [3.05, 3.63) is 52.8 Å². The predicted octanol–water partition coefficient (Wildman–Crippen LogP) is 4.24. The van der Waals surface area contributed by atoms with Gasteiger partial charge in [-0.15, -0.1) is 0 Å². The maximum absolute atomic E-state index is 13.0. The van der Waals surface area contributed by atoms with E-state index in [2.05, 4.69) is 35.4 Å². The lowest BCUT2D eigenvalue weighted by molar-refractivity contribution is -0.158. The van der Waals surface area contributed by atoms with E-state index in [1.165, 1.54) is 17.1 Å². The van der Waals surface area contributed by atoms with Crippen molar-refractivity contribution < 1.29 is 18.3 Å². The molecule has 0 bridgehead atoms. The molecule has 0 fully saturated rings. The number of aromatic nitrogens is 5. The first kappa shape index (κ1) is 21.7. The summed E-state index contributed by atoms with van der Waals surface area (Å²) in [7, 11) is 0. The number of halogens is 4. The molecule has 0 radical (unpaired) electrons. The van der Waals surface area contributed by atoms with Gasteiger partial charge >= 0.3 is 12.1 Å². The highest BCUT2D eigenvalue weighted by molar-refractivity contribution is 6.36. The zero-order valence-electron chi connectivity index (χ0n) is 15.6. The number of carbonyl (C=O) groups excluding carboxylic acids is 1. The molecule has 9 nitrogen and oxygen atoms in total. The molecule has 3 aromatic rings. The summed E-state index contributed by atoms with van der Waals surface area (Å²) in [6, 6.07) is 2.71. The number of benzene rings is 1. The minimum Gasteiger partial charge on any atom is -0.431 e. The molecule has 1 unspecified atom stereocenters. The van der Waals surface area contributed by atoms with Crippen LogP contribution < -0.4 is 15.4 Å². The molecule has 0 spiro atoms. The Morgan fingerprint density at radius 2 is 1.90 bits per heavy atom. The molecule has 2 heterocycles. The Morgan fingerprint density at radius 3 is 2.57 bits per heavy atom. The number of nitrogens with one attached hydrogen (secondary N) is 2. The van der Waals surface area contributed by atoms with Crippen LogP contribution in [0, 0.1) is 0 Å². The molecular formula is C17H15Cl2F2N7O2. The van der Waals surface area contributed by atoms with E-state index in [0.717, 1.165) is 6.07 Å². The second kappa shape index (κ2) is 8.76. The normalized spacial score (nSPS) is 12.3. The lowest BCUT2D eigenvalue weighted by atomic mass is 10.3. The molecule has 0 saturated heterocycles. The number of rotatable bonds is 6. The maximum atomic E-state index is 13.0. The molecule has 1 atom stereocenters. The molecular weight excluding hydrogens is 443 g/mol. The molecule has 0 aliphatic rings. The van der Waals surface area contributed by atoms with Gasteiger partial charge in [-0.2, -0.15) is 18.6 Å². The average Bonchev–Trinajstić information content (AvgIpc) is 3.15. The van der Waals surface area contributed by atoms with E-state index in [1.807, 2.05) is 0 Å². The molecule has 30 heavy (non-hydrogen) atoms. The second-order valence-corrected chi connectivity index (χ2v) is 6.89. The van der Waals surface area contributed by atoms with Gasteiger partial charge in [0, 0.05) is 25.4 Å². The molecule has 158 valence electrons. The number of alkyl halides is 2. The van der Waals surface area contributed by atoms with Crippen molar-refractivity contribution in [3.8, 4) is 11.7 Å². The van der Waals surface area contributed by atoms with Gasteiger partial charge in [0.2, 0.25) is 0 Å². The van der Waals surface area contributed by atoms with Crippen LogP contribution in [-0.4, -0.2) is 36.9 Å². The minimum absolute atomic E-state index is 0.0395. The highest BCUT2D eigenvalue weighted by atomic mass is 35.5. The quantitative estimate of drug-likeness (QED) is 0.573. The lowest BCUT2D eigenvalue weighted by Gasteiger charge is -2.17. The van der Waals surface area contributed by atoms with Crippen LogP contribution in [0.5, 0.6) is 5.75 Å². The van der Waals surface area contributed by atoms with E-state index in [0.29, 0.717) is 12.7 Å². The van der Waals surface area contributed by atoms with Gasteiger partial charge in [-0.05, 0) is 19.1 Å². The minimum atomic E-state index is -3.44. The van der Waals surface area contributed by atoms with Gasteiger partial charge in [-0.25, -0.2) is 19.7 Å². The topological polar surface area (TPSA) is 107 Å². The summed E-state index contributed by atoms with van der Waals surface area (Å²) in [6.45, 7) is 2.25. The molecule has 0 aliphatic carbocycles. The molecule has 0 saturated carbocycles. The number of amides is 2. The first-order valence-corrected chi connectivity index (χ1v) is 9.20. The zero-order valence-corrected chi connectivity index (χ0v) is 17.1. The van der Waals surface area contributed by atoms with Crippen molar-refractivity contribution in [1.29, 1.82) is 0 Å². The van der Waals surface area contributed by atoms with Crippen LogP contribution in [0.4, 0.5) is 19.3 Å². The van der Waals surface area contributed by atoms with Crippen molar-refractivity contribution in [1.82, 2.24) is 30.0 Å². The third kappa shape index (κ3) is 5.30. The van der Waals surface area contributed by atoms with Crippen molar-refractivity contribution in [3.63, 3.8) is 0 Å². The molecule has 2 N–H and O–H groups in total. The summed E-state index contributed by atoms with van der Waals surface area (Å²) >= 11 is 12.0. The molecule has 2 aromatic heterocycles. The number of hydrogen-bond acceptors (Lipinski definition) is 6. The van der Waals surface area contributed by atoms with Gasteiger partial charge in [0.1, 0.15) is 12.1 Å². The van der Waals surface area contributed by atoms with Gasteiger partial charge in [0.15, 0.2) is 5.82 Å². The summed E-state index contributed by atoms with van der Waals surface area (Å²) in [5.41, 5.74) is 0.103. The number of ether oxygens (including phenoxy) is 1. The van der Waals surface area contributed by atoms with Crippen LogP contribution in [-0.2, 0) is 0 Å². The monoisotopic (exact) mass is 457 g/mol. The van der Waals surface area contributed by atoms with Crippen molar-refractivity contribution in [2.45, 2.75) is 26.0 Å². The summed E-state index contributed by atoms with van der Waals surface area (Å²) < 4.78 is 31.9. The Kier molecular flexibility index (Phi) is 6.32. The third-order valence-electron chi connectivity index (χ3n) is 3.61. The Labute approximate surface area is 179 Å². The zero-order chi connectivity index (χ0) is 21.9.